The largest absolute Gasteiger partial charge is 0.416 e. The van der Waals surface area contributed by atoms with Crippen LogP contribution in [0.3, 0.4) is 0 Å². The van der Waals surface area contributed by atoms with Crippen LogP contribution >= 0.6 is 15.8 Å². The van der Waals surface area contributed by atoms with Crippen molar-refractivity contribution >= 4 is 26.5 Å². The predicted octanol–water partition coefficient (Wildman–Crippen LogP) is 9.36. The van der Waals surface area contributed by atoms with Gasteiger partial charge in [0.05, 0.1) is 11.1 Å². The van der Waals surface area contributed by atoms with Crippen LogP contribution in [0.25, 0.3) is 0 Å². The van der Waals surface area contributed by atoms with E-state index < -0.39 is 39.3 Å². The minimum Gasteiger partial charge on any atom is -0.166 e. The van der Waals surface area contributed by atoms with E-state index >= 15 is 0 Å². The molecule has 8 heteroatoms. The predicted molar refractivity (Wildman–Crippen MR) is 144 cm³/mol. The molecule has 1 atom stereocenters. The molecule has 0 amide bonds. The van der Waals surface area contributed by atoms with Gasteiger partial charge in [-0.25, -0.2) is 0 Å². The molecule has 0 unspecified atom stereocenters. The summed E-state index contributed by atoms with van der Waals surface area (Å²) in [4.78, 5) is 0. The topological polar surface area (TPSA) is 0 Å². The Morgan fingerprint density at radius 1 is 0.595 bits per heavy atom. The summed E-state index contributed by atoms with van der Waals surface area (Å²) in [6.07, 6.45) is -2.71. The zero-order valence-electron chi connectivity index (χ0n) is 22.1. The monoisotopic (exact) mass is 557 g/mol. The first-order valence-electron chi connectivity index (χ1n) is 12.0. The molecule has 0 aromatic heterocycles. The number of rotatable bonds is 5. The molecule has 0 nitrogen and oxygen atoms in total. The fourth-order valence-electron chi connectivity index (χ4n) is 5.07. The van der Waals surface area contributed by atoms with E-state index in [1.54, 1.807) is 0 Å². The van der Waals surface area contributed by atoms with E-state index in [-0.39, 0.29) is 16.0 Å². The Labute approximate surface area is 220 Å². The van der Waals surface area contributed by atoms with E-state index in [1.807, 2.05) is 13.3 Å². The Morgan fingerprint density at radius 3 is 1.30 bits per heavy atom. The maximum atomic E-state index is 13.2. The maximum absolute atomic E-state index is 13.2. The molecule has 1 fully saturated rings. The summed E-state index contributed by atoms with van der Waals surface area (Å²) in [5.74, 6) is 1.11. The lowest BCUT2D eigenvalue weighted by Crippen LogP contribution is -2.33. The van der Waals surface area contributed by atoms with Gasteiger partial charge in [0.15, 0.2) is 0 Å². The normalized spacial score (nSPS) is 17.7. The van der Waals surface area contributed by atoms with Crippen LogP contribution < -0.4 is 10.6 Å². The molecule has 2 aromatic carbocycles. The van der Waals surface area contributed by atoms with Crippen LogP contribution in [0, 0.1) is 30.8 Å². The van der Waals surface area contributed by atoms with Crippen LogP contribution in [-0.2, 0) is 12.4 Å². The molecule has 5 radical (unpaired) electrons. The highest BCUT2D eigenvalue weighted by molar-refractivity contribution is 7.74. The first kappa shape index (κ1) is 30.4. The average molecular weight is 558 g/mol. The fraction of sp³-hybridized carbons (Fsp3) is 0.414. The van der Waals surface area contributed by atoms with Gasteiger partial charge >= 0.3 is 12.4 Å². The van der Waals surface area contributed by atoms with Crippen LogP contribution in [0.2, 0.25) is 0 Å². The fourth-order valence-corrected chi connectivity index (χ4v) is 12.0. The highest BCUT2D eigenvalue weighted by Gasteiger charge is 2.48. The van der Waals surface area contributed by atoms with Crippen LogP contribution in [-0.4, -0.2) is 16.0 Å². The molecular weight excluding hydrogens is 524 g/mol. The quantitative estimate of drug-likeness (QED) is 0.254. The summed E-state index contributed by atoms with van der Waals surface area (Å²) in [7, 11) is -1.94. The third-order valence-electron chi connectivity index (χ3n) is 6.19. The summed E-state index contributed by atoms with van der Waals surface area (Å²) in [6.45, 7) is 15.4. The zero-order chi connectivity index (χ0) is 28.0. The number of alkyl halides is 6. The minimum atomic E-state index is -4.46. The third kappa shape index (κ3) is 7.10. The highest BCUT2D eigenvalue weighted by Crippen LogP contribution is 2.72. The van der Waals surface area contributed by atoms with E-state index in [0.29, 0.717) is 10.6 Å². The molecule has 3 rings (SSSR count). The smallest absolute Gasteiger partial charge is 0.166 e. The Kier molecular flexibility index (Phi) is 8.88. The Hall–Kier alpha value is -1.12. The number of hydrogen-bond donors (Lipinski definition) is 0. The Bertz CT molecular complexity index is 956. The van der Waals surface area contributed by atoms with Crippen molar-refractivity contribution in [1.29, 1.82) is 0 Å². The van der Waals surface area contributed by atoms with Crippen molar-refractivity contribution in [3.63, 3.8) is 0 Å². The second-order valence-electron chi connectivity index (χ2n) is 11.2. The van der Waals surface area contributed by atoms with Crippen molar-refractivity contribution in [3.05, 3.63) is 90.5 Å². The second kappa shape index (κ2) is 10.8. The average Bonchev–Trinajstić information content (AvgIpc) is 3.20. The van der Waals surface area contributed by atoms with Crippen molar-refractivity contribution in [2.24, 2.45) is 0 Å². The van der Waals surface area contributed by atoms with Gasteiger partial charge in [0.2, 0.25) is 0 Å². The highest BCUT2D eigenvalue weighted by atomic mass is 31.1. The second-order valence-corrected chi connectivity index (χ2v) is 17.6. The minimum absolute atomic E-state index is 0.00186. The zero-order valence-corrected chi connectivity index (χ0v) is 23.9. The summed E-state index contributed by atoms with van der Waals surface area (Å²) >= 11 is 0. The van der Waals surface area contributed by atoms with Crippen LogP contribution in [0.5, 0.6) is 0 Å². The lowest BCUT2D eigenvalue weighted by atomic mass is 10.0. The van der Waals surface area contributed by atoms with Gasteiger partial charge in [-0.3, -0.25) is 0 Å². The van der Waals surface area contributed by atoms with Gasteiger partial charge in [0, 0.05) is 5.66 Å². The van der Waals surface area contributed by atoms with Crippen LogP contribution in [0.1, 0.15) is 59.6 Å². The Morgan fingerprint density at radius 2 is 0.973 bits per heavy atom. The molecular formula is C29H33F6P2. The summed E-state index contributed by atoms with van der Waals surface area (Å²) < 4.78 is 79.5. The van der Waals surface area contributed by atoms with E-state index in [2.05, 4.69) is 54.4 Å². The molecule has 0 N–H and O–H groups in total. The van der Waals surface area contributed by atoms with Gasteiger partial charge in [-0.05, 0) is 83.9 Å². The molecule has 0 saturated heterocycles. The Balaban J connectivity index is 2.08. The third-order valence-corrected chi connectivity index (χ3v) is 12.5. The molecule has 1 aliphatic carbocycles. The SMILES string of the molecule is C[C@@H]([C]1[CH][CH][CH][C]1P(C(C)(C)C)C(C)(C)C)P(c1ccc(C(F)(F)F)cc1)c1ccc(C(F)(F)F)cc1. The van der Waals surface area contributed by atoms with Gasteiger partial charge < -0.3 is 0 Å². The van der Waals surface area contributed by atoms with E-state index in [0.717, 1.165) is 30.2 Å². The first-order chi connectivity index (χ1) is 16.8. The number of halogens is 6. The lowest BCUT2D eigenvalue weighted by molar-refractivity contribution is -0.138. The molecule has 201 valence electrons. The van der Waals surface area contributed by atoms with Crippen molar-refractivity contribution in [1.82, 2.24) is 0 Å². The molecule has 37 heavy (non-hydrogen) atoms. The summed E-state index contributed by atoms with van der Waals surface area (Å²) in [6, 6.07) is 10.1. The van der Waals surface area contributed by atoms with Gasteiger partial charge in [0.1, 0.15) is 0 Å². The molecule has 0 aliphatic heterocycles. The molecule has 1 aliphatic rings. The maximum Gasteiger partial charge on any atom is 0.416 e. The number of hydrogen-bond acceptors (Lipinski definition) is 0. The molecule has 0 bridgehead atoms. The van der Waals surface area contributed by atoms with E-state index in [9.17, 15) is 26.3 Å². The molecule has 0 heterocycles. The van der Waals surface area contributed by atoms with Crippen molar-refractivity contribution < 1.29 is 26.3 Å². The standard InChI is InChI=1S/C29H33F6P2/c1-19(24-9-8-10-25(24)37(26(2,3)4)27(5,6)7)36(22-15-11-20(12-16-22)28(30,31)32)23-17-13-21(14-18-23)29(33,34)35/h8-19H,1-7H3/t19-/m0/s1. The summed E-state index contributed by atoms with van der Waals surface area (Å²) in [5.41, 5.74) is -0.370. The molecule has 2 aromatic rings. The van der Waals surface area contributed by atoms with Crippen molar-refractivity contribution in [2.45, 2.75) is 76.8 Å². The first-order valence-corrected chi connectivity index (χ1v) is 14.8. The number of benzene rings is 2. The van der Waals surface area contributed by atoms with Gasteiger partial charge in [-0.1, -0.05) is 80.7 Å². The molecule has 1 saturated carbocycles. The van der Waals surface area contributed by atoms with Gasteiger partial charge in [-0.15, -0.1) is 0 Å². The van der Waals surface area contributed by atoms with Crippen LogP contribution in [0.4, 0.5) is 26.3 Å². The van der Waals surface area contributed by atoms with E-state index in [4.69, 9.17) is 0 Å². The van der Waals surface area contributed by atoms with E-state index in [1.165, 1.54) is 29.9 Å². The molecule has 0 spiro atoms. The van der Waals surface area contributed by atoms with Gasteiger partial charge in [0.25, 0.3) is 0 Å². The van der Waals surface area contributed by atoms with Crippen molar-refractivity contribution in [3.8, 4) is 0 Å². The van der Waals surface area contributed by atoms with Gasteiger partial charge in [-0.2, -0.15) is 26.3 Å². The summed E-state index contributed by atoms with van der Waals surface area (Å²) in [5, 5.41) is 1.39. The van der Waals surface area contributed by atoms with Crippen LogP contribution in [0.15, 0.2) is 48.5 Å². The lowest BCUT2D eigenvalue weighted by Gasteiger charge is -2.48. The van der Waals surface area contributed by atoms with Crippen molar-refractivity contribution in [2.75, 3.05) is 0 Å².